The normalized spacial score (nSPS) is 11.7. The molecular formula is C54H106O2. The molecule has 334 valence electrons. The van der Waals surface area contributed by atoms with Crippen LogP contribution in [0.15, 0.2) is 12.2 Å². The van der Waals surface area contributed by atoms with Crippen molar-refractivity contribution in [3.8, 4) is 0 Å². The molecule has 0 aromatic carbocycles. The van der Waals surface area contributed by atoms with E-state index in [2.05, 4.69) is 26.0 Å². The second kappa shape index (κ2) is 52.2. The van der Waals surface area contributed by atoms with E-state index in [-0.39, 0.29) is 5.97 Å². The molecule has 56 heavy (non-hydrogen) atoms. The number of carbonyl (C=O) groups excluding carboxylic acids is 1. The van der Waals surface area contributed by atoms with Crippen molar-refractivity contribution in [3.05, 3.63) is 12.2 Å². The molecule has 0 fully saturated rings. The monoisotopic (exact) mass is 787 g/mol. The molecule has 0 aliphatic carbocycles. The zero-order valence-corrected chi connectivity index (χ0v) is 39.1. The van der Waals surface area contributed by atoms with E-state index in [4.69, 9.17) is 4.74 Å². The summed E-state index contributed by atoms with van der Waals surface area (Å²) in [6, 6.07) is 0. The molecule has 0 aliphatic rings. The molecule has 0 bridgehead atoms. The molecule has 0 aromatic heterocycles. The molecular weight excluding hydrogens is 681 g/mol. The van der Waals surface area contributed by atoms with Crippen LogP contribution >= 0.6 is 0 Å². The summed E-state index contributed by atoms with van der Waals surface area (Å²) in [5.74, 6) is 0.0285. The second-order valence-corrected chi connectivity index (χ2v) is 18.2. The minimum Gasteiger partial charge on any atom is -0.466 e. The molecule has 0 saturated heterocycles. The van der Waals surface area contributed by atoms with Crippen LogP contribution in [-0.4, -0.2) is 12.6 Å². The SMILES string of the molecule is CCCCCCC=CCCCCCCCCCCCC(=O)OCCCCCCCCCCCCCCCCCCCCCCCCCCCCCCCCCC. The number of rotatable bonds is 50. The van der Waals surface area contributed by atoms with Crippen LogP contribution in [-0.2, 0) is 9.53 Å². The zero-order valence-electron chi connectivity index (χ0n) is 39.1. The third-order valence-electron chi connectivity index (χ3n) is 12.4. The van der Waals surface area contributed by atoms with E-state index in [1.54, 1.807) is 0 Å². The maximum atomic E-state index is 12.0. The minimum absolute atomic E-state index is 0.0285. The standard InChI is InChI=1S/C54H106O2/c1-3-5-7-9-11-13-15-17-19-21-22-23-24-25-26-27-28-29-30-31-32-33-34-35-37-39-41-43-45-47-49-51-53-56-54(55)52-50-48-46-44-42-40-38-36-20-18-16-14-12-10-8-6-4-2/h14,16H,3-13,15,17-53H2,1-2H3. The highest BCUT2D eigenvalue weighted by atomic mass is 16.5. The van der Waals surface area contributed by atoms with Crippen molar-refractivity contribution in [3.63, 3.8) is 0 Å². The fraction of sp³-hybridized carbons (Fsp3) is 0.944. The van der Waals surface area contributed by atoms with Crippen molar-refractivity contribution >= 4 is 5.97 Å². The lowest BCUT2D eigenvalue weighted by Gasteiger charge is -2.06. The first-order valence-electron chi connectivity index (χ1n) is 26.6. The van der Waals surface area contributed by atoms with Crippen LogP contribution < -0.4 is 0 Å². The van der Waals surface area contributed by atoms with Crippen LogP contribution in [0.4, 0.5) is 0 Å². The Bertz CT molecular complexity index is 728. The average Bonchev–Trinajstić information content (AvgIpc) is 3.20. The van der Waals surface area contributed by atoms with Crippen LogP contribution in [0.3, 0.4) is 0 Å². The molecule has 0 unspecified atom stereocenters. The Morgan fingerprint density at radius 1 is 0.286 bits per heavy atom. The van der Waals surface area contributed by atoms with E-state index in [1.807, 2.05) is 0 Å². The highest BCUT2D eigenvalue weighted by Crippen LogP contribution is 2.18. The Labute approximate surface area is 355 Å². The molecule has 0 heterocycles. The second-order valence-electron chi connectivity index (χ2n) is 18.2. The van der Waals surface area contributed by atoms with E-state index in [1.165, 1.54) is 289 Å². The highest BCUT2D eigenvalue weighted by molar-refractivity contribution is 5.69. The molecule has 0 aliphatic heterocycles. The Balaban J connectivity index is 3.14. The molecule has 0 rings (SSSR count). The summed E-state index contributed by atoms with van der Waals surface area (Å²) < 4.78 is 5.49. The van der Waals surface area contributed by atoms with Gasteiger partial charge in [0.2, 0.25) is 0 Å². The smallest absolute Gasteiger partial charge is 0.305 e. The van der Waals surface area contributed by atoms with Gasteiger partial charge in [0.15, 0.2) is 0 Å². The first-order valence-corrected chi connectivity index (χ1v) is 26.6. The van der Waals surface area contributed by atoms with Crippen LogP contribution in [0.1, 0.15) is 322 Å². The molecule has 0 N–H and O–H groups in total. The molecule has 0 atom stereocenters. The van der Waals surface area contributed by atoms with Gasteiger partial charge in [-0.15, -0.1) is 0 Å². The lowest BCUT2D eigenvalue weighted by atomic mass is 10.0. The van der Waals surface area contributed by atoms with Crippen LogP contribution in [0, 0.1) is 0 Å². The van der Waals surface area contributed by atoms with Crippen molar-refractivity contribution < 1.29 is 9.53 Å². The van der Waals surface area contributed by atoms with Gasteiger partial charge in [-0.2, -0.15) is 0 Å². The van der Waals surface area contributed by atoms with E-state index < -0.39 is 0 Å². The van der Waals surface area contributed by atoms with E-state index in [9.17, 15) is 4.79 Å². The lowest BCUT2D eigenvalue weighted by molar-refractivity contribution is -0.143. The van der Waals surface area contributed by atoms with E-state index in [0.29, 0.717) is 13.0 Å². The summed E-state index contributed by atoms with van der Waals surface area (Å²) in [6.07, 6.45) is 70.9. The van der Waals surface area contributed by atoms with Crippen LogP contribution in [0.2, 0.25) is 0 Å². The molecule has 0 amide bonds. The lowest BCUT2D eigenvalue weighted by Crippen LogP contribution is -2.05. The Morgan fingerprint density at radius 3 is 0.786 bits per heavy atom. The molecule has 0 radical (unpaired) electrons. The third-order valence-corrected chi connectivity index (χ3v) is 12.4. The van der Waals surface area contributed by atoms with Gasteiger partial charge in [-0.1, -0.05) is 289 Å². The molecule has 0 saturated carbocycles. The predicted molar refractivity (Wildman–Crippen MR) is 253 cm³/mol. The largest absolute Gasteiger partial charge is 0.466 e. The number of allylic oxidation sites excluding steroid dienone is 2. The van der Waals surface area contributed by atoms with E-state index in [0.717, 1.165) is 12.8 Å². The number of hydrogen-bond acceptors (Lipinski definition) is 2. The fourth-order valence-electron chi connectivity index (χ4n) is 8.43. The summed E-state index contributed by atoms with van der Waals surface area (Å²) in [5, 5.41) is 0. The van der Waals surface area contributed by atoms with Gasteiger partial charge < -0.3 is 4.74 Å². The van der Waals surface area contributed by atoms with Crippen molar-refractivity contribution in [1.29, 1.82) is 0 Å². The van der Waals surface area contributed by atoms with Gasteiger partial charge in [0.05, 0.1) is 6.61 Å². The minimum atomic E-state index is 0.0285. The average molecular weight is 787 g/mol. The number of esters is 1. The topological polar surface area (TPSA) is 26.3 Å². The Kier molecular flexibility index (Phi) is 51.5. The van der Waals surface area contributed by atoms with Gasteiger partial charge in [0.25, 0.3) is 0 Å². The number of carbonyl (C=O) groups is 1. The van der Waals surface area contributed by atoms with Gasteiger partial charge in [-0.3, -0.25) is 4.79 Å². The zero-order chi connectivity index (χ0) is 40.3. The molecule has 0 spiro atoms. The number of ether oxygens (including phenoxy) is 1. The number of unbranched alkanes of at least 4 members (excludes halogenated alkanes) is 44. The third kappa shape index (κ3) is 51.2. The first kappa shape index (κ1) is 55.2. The fourth-order valence-corrected chi connectivity index (χ4v) is 8.43. The summed E-state index contributed by atoms with van der Waals surface area (Å²) in [6.45, 7) is 5.22. The van der Waals surface area contributed by atoms with Crippen LogP contribution in [0.5, 0.6) is 0 Å². The maximum Gasteiger partial charge on any atom is 0.305 e. The van der Waals surface area contributed by atoms with Crippen LogP contribution in [0.25, 0.3) is 0 Å². The molecule has 0 aromatic rings. The molecule has 2 nitrogen and oxygen atoms in total. The van der Waals surface area contributed by atoms with Gasteiger partial charge in [-0.05, 0) is 38.5 Å². The van der Waals surface area contributed by atoms with Gasteiger partial charge in [0.1, 0.15) is 0 Å². The quantitative estimate of drug-likeness (QED) is 0.0349. The summed E-state index contributed by atoms with van der Waals surface area (Å²) in [4.78, 5) is 12.0. The molecule has 2 heteroatoms. The van der Waals surface area contributed by atoms with Crippen molar-refractivity contribution in [2.24, 2.45) is 0 Å². The Hall–Kier alpha value is -0.790. The van der Waals surface area contributed by atoms with E-state index >= 15 is 0 Å². The van der Waals surface area contributed by atoms with Gasteiger partial charge in [-0.25, -0.2) is 0 Å². The predicted octanol–water partition coefficient (Wildman–Crippen LogP) is 19.9. The van der Waals surface area contributed by atoms with Gasteiger partial charge in [0, 0.05) is 6.42 Å². The summed E-state index contributed by atoms with van der Waals surface area (Å²) in [5.41, 5.74) is 0. The van der Waals surface area contributed by atoms with Gasteiger partial charge >= 0.3 is 5.97 Å². The maximum absolute atomic E-state index is 12.0. The first-order chi connectivity index (χ1) is 27.8. The summed E-state index contributed by atoms with van der Waals surface area (Å²) in [7, 11) is 0. The Morgan fingerprint density at radius 2 is 0.500 bits per heavy atom. The van der Waals surface area contributed by atoms with Crippen molar-refractivity contribution in [2.45, 2.75) is 322 Å². The number of hydrogen-bond donors (Lipinski definition) is 0. The van der Waals surface area contributed by atoms with Crippen molar-refractivity contribution in [1.82, 2.24) is 0 Å². The highest BCUT2D eigenvalue weighted by Gasteiger charge is 2.03. The van der Waals surface area contributed by atoms with Crippen molar-refractivity contribution in [2.75, 3.05) is 6.61 Å². The summed E-state index contributed by atoms with van der Waals surface area (Å²) >= 11 is 0.